The minimum Gasteiger partial charge on any atom is -0.422 e. The third-order valence-corrected chi connectivity index (χ3v) is 5.33. The van der Waals surface area contributed by atoms with E-state index in [0.717, 1.165) is 22.0 Å². The molecule has 4 aromatic rings. The standard InChI is InChI=1S/C19H14BrN3O2S/c1-2-11-3-6-14(7-4-11)21-19-23-22-17(26-19)15-10-12-9-13(20)5-8-16(12)25-18(15)24/h3-10H,2H2,1H3,(H,21,23). The molecule has 0 atom stereocenters. The van der Waals surface area contributed by atoms with E-state index in [0.29, 0.717) is 21.3 Å². The third kappa shape index (κ3) is 3.40. The number of aryl methyl sites for hydroxylation is 1. The summed E-state index contributed by atoms with van der Waals surface area (Å²) in [5, 5.41) is 13.5. The fraction of sp³-hybridized carbons (Fsp3) is 0.105. The van der Waals surface area contributed by atoms with Crippen LogP contribution in [0.15, 0.2) is 62.2 Å². The molecule has 130 valence electrons. The van der Waals surface area contributed by atoms with E-state index >= 15 is 0 Å². The molecule has 4 rings (SSSR count). The van der Waals surface area contributed by atoms with E-state index in [1.165, 1.54) is 16.9 Å². The summed E-state index contributed by atoms with van der Waals surface area (Å²) in [5.41, 5.74) is 2.73. The predicted octanol–water partition coefficient (Wildman–Crippen LogP) is 5.38. The molecule has 0 saturated heterocycles. The van der Waals surface area contributed by atoms with Gasteiger partial charge in [-0.2, -0.15) is 0 Å². The highest BCUT2D eigenvalue weighted by atomic mass is 79.9. The van der Waals surface area contributed by atoms with Crippen LogP contribution in [0.2, 0.25) is 0 Å². The van der Waals surface area contributed by atoms with Crippen LogP contribution < -0.4 is 10.9 Å². The van der Waals surface area contributed by atoms with Gasteiger partial charge in [0.2, 0.25) is 5.13 Å². The van der Waals surface area contributed by atoms with Gasteiger partial charge < -0.3 is 9.73 Å². The number of hydrogen-bond acceptors (Lipinski definition) is 6. The highest BCUT2D eigenvalue weighted by molar-refractivity contribution is 9.10. The molecule has 26 heavy (non-hydrogen) atoms. The average molecular weight is 428 g/mol. The van der Waals surface area contributed by atoms with Crippen molar-refractivity contribution in [2.24, 2.45) is 0 Å². The van der Waals surface area contributed by atoms with Crippen LogP contribution in [0.4, 0.5) is 10.8 Å². The van der Waals surface area contributed by atoms with E-state index in [1.807, 2.05) is 24.3 Å². The molecular formula is C19H14BrN3O2S. The van der Waals surface area contributed by atoms with Crippen LogP contribution >= 0.6 is 27.3 Å². The quantitative estimate of drug-likeness (QED) is 0.442. The lowest BCUT2D eigenvalue weighted by atomic mass is 10.1. The first-order chi connectivity index (χ1) is 12.6. The van der Waals surface area contributed by atoms with Gasteiger partial charge in [0.05, 0.1) is 5.56 Å². The zero-order chi connectivity index (χ0) is 18.1. The summed E-state index contributed by atoms with van der Waals surface area (Å²) >= 11 is 4.74. The summed E-state index contributed by atoms with van der Waals surface area (Å²) in [5.74, 6) is 0. The summed E-state index contributed by atoms with van der Waals surface area (Å²) in [7, 11) is 0. The van der Waals surface area contributed by atoms with Crippen molar-refractivity contribution in [1.29, 1.82) is 0 Å². The van der Waals surface area contributed by atoms with Gasteiger partial charge in [-0.3, -0.25) is 0 Å². The van der Waals surface area contributed by atoms with Crippen molar-refractivity contribution in [2.45, 2.75) is 13.3 Å². The Morgan fingerprint density at radius 3 is 2.69 bits per heavy atom. The molecule has 7 heteroatoms. The van der Waals surface area contributed by atoms with E-state index in [-0.39, 0.29) is 0 Å². The van der Waals surface area contributed by atoms with Crippen molar-refractivity contribution in [3.05, 3.63) is 69.0 Å². The molecule has 0 spiro atoms. The Bertz CT molecular complexity index is 1140. The predicted molar refractivity (Wildman–Crippen MR) is 108 cm³/mol. The fourth-order valence-corrected chi connectivity index (χ4v) is 3.72. The van der Waals surface area contributed by atoms with Gasteiger partial charge in [-0.05, 0) is 48.4 Å². The van der Waals surface area contributed by atoms with E-state index in [2.05, 4.69) is 50.5 Å². The van der Waals surface area contributed by atoms with Crippen LogP contribution in [0, 0.1) is 0 Å². The van der Waals surface area contributed by atoms with Gasteiger partial charge in [0.25, 0.3) is 0 Å². The van der Waals surface area contributed by atoms with Crippen molar-refractivity contribution >= 4 is 49.1 Å². The Morgan fingerprint density at radius 1 is 1.12 bits per heavy atom. The Morgan fingerprint density at radius 2 is 1.92 bits per heavy atom. The van der Waals surface area contributed by atoms with Crippen LogP contribution in [-0.2, 0) is 6.42 Å². The largest absolute Gasteiger partial charge is 0.422 e. The molecule has 0 aliphatic carbocycles. The van der Waals surface area contributed by atoms with Crippen molar-refractivity contribution in [1.82, 2.24) is 10.2 Å². The van der Waals surface area contributed by atoms with E-state index in [4.69, 9.17) is 4.42 Å². The molecule has 0 radical (unpaired) electrons. The Balaban J connectivity index is 1.65. The van der Waals surface area contributed by atoms with Gasteiger partial charge in [0, 0.05) is 15.5 Å². The van der Waals surface area contributed by atoms with Crippen LogP contribution in [-0.4, -0.2) is 10.2 Å². The molecule has 0 aliphatic rings. The minimum absolute atomic E-state index is 0.405. The van der Waals surface area contributed by atoms with Gasteiger partial charge in [0.1, 0.15) is 5.58 Å². The van der Waals surface area contributed by atoms with Crippen LogP contribution in [0.3, 0.4) is 0 Å². The Kier molecular flexibility index (Phi) is 4.57. The van der Waals surface area contributed by atoms with Gasteiger partial charge in [-0.1, -0.05) is 46.3 Å². The van der Waals surface area contributed by atoms with E-state index < -0.39 is 5.63 Å². The summed E-state index contributed by atoms with van der Waals surface area (Å²) in [6.07, 6.45) is 0.997. The number of nitrogens with one attached hydrogen (secondary N) is 1. The topological polar surface area (TPSA) is 68.0 Å². The first-order valence-corrected chi connectivity index (χ1v) is 9.66. The minimum atomic E-state index is -0.421. The van der Waals surface area contributed by atoms with Gasteiger partial charge in [-0.25, -0.2) is 4.79 Å². The van der Waals surface area contributed by atoms with Crippen molar-refractivity contribution in [2.75, 3.05) is 5.32 Å². The summed E-state index contributed by atoms with van der Waals surface area (Å²) in [6, 6.07) is 15.4. The van der Waals surface area contributed by atoms with Crippen molar-refractivity contribution in [3.8, 4) is 10.6 Å². The normalized spacial score (nSPS) is 11.0. The summed E-state index contributed by atoms with van der Waals surface area (Å²) < 4.78 is 6.31. The highest BCUT2D eigenvalue weighted by Gasteiger charge is 2.13. The van der Waals surface area contributed by atoms with Crippen molar-refractivity contribution in [3.63, 3.8) is 0 Å². The monoisotopic (exact) mass is 427 g/mol. The van der Waals surface area contributed by atoms with E-state index in [1.54, 1.807) is 12.1 Å². The molecule has 2 heterocycles. The molecule has 0 amide bonds. The third-order valence-electron chi connectivity index (χ3n) is 3.96. The maximum atomic E-state index is 12.3. The summed E-state index contributed by atoms with van der Waals surface area (Å²) in [6.45, 7) is 2.12. The zero-order valence-corrected chi connectivity index (χ0v) is 16.2. The fourth-order valence-electron chi connectivity index (χ4n) is 2.57. The number of fused-ring (bicyclic) bond motifs is 1. The van der Waals surface area contributed by atoms with Gasteiger partial charge >= 0.3 is 5.63 Å². The maximum Gasteiger partial charge on any atom is 0.346 e. The number of benzene rings is 2. The second-order valence-corrected chi connectivity index (χ2v) is 7.61. The SMILES string of the molecule is CCc1ccc(Nc2nnc(-c3cc4cc(Br)ccc4oc3=O)s2)cc1. The second kappa shape index (κ2) is 7.01. The van der Waals surface area contributed by atoms with Gasteiger partial charge in [-0.15, -0.1) is 10.2 Å². The lowest BCUT2D eigenvalue weighted by Gasteiger charge is -2.02. The number of nitrogens with zero attached hydrogens (tertiary/aromatic N) is 2. The van der Waals surface area contributed by atoms with Crippen molar-refractivity contribution < 1.29 is 4.42 Å². The molecule has 1 N–H and O–H groups in total. The molecule has 5 nitrogen and oxygen atoms in total. The smallest absolute Gasteiger partial charge is 0.346 e. The molecule has 0 fully saturated rings. The number of rotatable bonds is 4. The van der Waals surface area contributed by atoms with Crippen LogP contribution in [0.1, 0.15) is 12.5 Å². The Labute approximate surface area is 161 Å². The Hall–Kier alpha value is -2.51. The van der Waals surface area contributed by atoms with Gasteiger partial charge in [0.15, 0.2) is 5.01 Å². The molecule has 0 aliphatic heterocycles. The second-order valence-electron chi connectivity index (χ2n) is 5.72. The molecule has 2 aromatic carbocycles. The van der Waals surface area contributed by atoms with Crippen LogP contribution in [0.25, 0.3) is 21.5 Å². The lowest BCUT2D eigenvalue weighted by molar-refractivity contribution is 0.563. The molecular weight excluding hydrogens is 414 g/mol. The summed E-state index contributed by atoms with van der Waals surface area (Å²) in [4.78, 5) is 12.3. The molecule has 2 aromatic heterocycles. The molecule has 0 bridgehead atoms. The maximum absolute atomic E-state index is 12.3. The lowest BCUT2D eigenvalue weighted by Crippen LogP contribution is -2.02. The first kappa shape index (κ1) is 16.9. The number of anilines is 2. The number of aromatic nitrogens is 2. The van der Waals surface area contributed by atoms with Crippen LogP contribution in [0.5, 0.6) is 0 Å². The molecule has 0 saturated carbocycles. The highest BCUT2D eigenvalue weighted by Crippen LogP contribution is 2.29. The number of hydrogen-bond donors (Lipinski definition) is 1. The first-order valence-electron chi connectivity index (χ1n) is 8.05. The molecule has 0 unspecified atom stereocenters. The number of halogens is 1. The zero-order valence-electron chi connectivity index (χ0n) is 13.8. The van der Waals surface area contributed by atoms with E-state index in [9.17, 15) is 4.79 Å². The average Bonchev–Trinajstić information content (AvgIpc) is 3.10.